The second kappa shape index (κ2) is 10.8. The maximum absolute atomic E-state index is 13.3. The highest BCUT2D eigenvalue weighted by Crippen LogP contribution is 2.76. The van der Waals surface area contributed by atoms with Crippen LogP contribution < -0.4 is 5.73 Å². The van der Waals surface area contributed by atoms with Crippen molar-refractivity contribution in [2.24, 2.45) is 51.1 Å². The quantitative estimate of drug-likeness (QED) is 0.333. The van der Waals surface area contributed by atoms with Crippen molar-refractivity contribution in [3.8, 4) is 0 Å². The Morgan fingerprint density at radius 1 is 0.909 bits per heavy atom. The average Bonchev–Trinajstić information content (AvgIpc) is 3.32. The predicted molar refractivity (Wildman–Crippen MR) is 176 cm³/mol. The number of carbonyl (C=O) groups is 1. The van der Waals surface area contributed by atoms with Crippen LogP contribution in [0.25, 0.3) is 0 Å². The molecular weight excluding hydrogens is 546 g/mol. The van der Waals surface area contributed by atoms with E-state index in [9.17, 15) is 9.90 Å². The van der Waals surface area contributed by atoms with E-state index in [1.807, 2.05) is 30.3 Å². The van der Waals surface area contributed by atoms with Crippen LogP contribution in [0.3, 0.4) is 0 Å². The molecule has 5 nitrogen and oxygen atoms in total. The van der Waals surface area contributed by atoms with Gasteiger partial charge in [-0.1, -0.05) is 65.0 Å². The molecule has 1 saturated heterocycles. The molecule has 4 aliphatic carbocycles. The molecule has 44 heavy (non-hydrogen) atoms. The Morgan fingerprint density at radius 2 is 1.59 bits per heavy atom. The zero-order valence-corrected chi connectivity index (χ0v) is 29.0. The molecule has 5 heteroatoms. The summed E-state index contributed by atoms with van der Waals surface area (Å²) in [5.41, 5.74) is 7.35. The number of aliphatic hydroxyl groups is 1. The lowest BCUT2D eigenvalue weighted by Crippen LogP contribution is -2.67. The van der Waals surface area contributed by atoms with Crippen molar-refractivity contribution in [3.05, 3.63) is 35.9 Å². The molecule has 0 bridgehead atoms. The van der Waals surface area contributed by atoms with E-state index in [-0.39, 0.29) is 57.0 Å². The van der Waals surface area contributed by atoms with E-state index in [4.69, 9.17) is 15.2 Å². The first-order chi connectivity index (χ1) is 20.5. The van der Waals surface area contributed by atoms with Gasteiger partial charge in [-0.05, 0) is 137 Å². The minimum absolute atomic E-state index is 0.0829. The fraction of sp³-hybridized carbons (Fsp3) is 0.821. The van der Waals surface area contributed by atoms with Gasteiger partial charge in [0.15, 0.2) is 0 Å². The average molecular weight is 608 g/mol. The van der Waals surface area contributed by atoms with Gasteiger partial charge in [-0.3, -0.25) is 4.79 Å². The Kier molecular flexibility index (Phi) is 7.98. The Bertz CT molecular complexity index is 1230. The molecule has 1 aliphatic heterocycles. The number of aliphatic hydroxyl groups excluding tert-OH is 1. The van der Waals surface area contributed by atoms with E-state index in [1.165, 1.54) is 19.3 Å². The van der Waals surface area contributed by atoms with Crippen molar-refractivity contribution >= 4 is 5.97 Å². The third-order valence-electron chi connectivity index (χ3n) is 14.9. The van der Waals surface area contributed by atoms with E-state index in [2.05, 4.69) is 55.4 Å². The second-order valence-electron chi connectivity index (χ2n) is 18.1. The van der Waals surface area contributed by atoms with Crippen molar-refractivity contribution < 1.29 is 19.4 Å². The summed E-state index contributed by atoms with van der Waals surface area (Å²) in [6.45, 7) is 19.2. The van der Waals surface area contributed by atoms with Crippen LogP contribution >= 0.6 is 0 Å². The SMILES string of the molecule is CC1(C)CCC[C@](C)([C@H]2CC[C@]3(C)[C@@H]2[C@H](O)C[C@@H]2[C@@]4(C)CC[C@H](OC(=O)[C@@H](N)Cc5ccccc5)C(C)(C)[C@@H]4CC[C@]23C)O1. The van der Waals surface area contributed by atoms with Gasteiger partial charge in [0.05, 0.1) is 17.3 Å². The Labute approximate surface area is 267 Å². The number of ether oxygens (including phenoxy) is 2. The highest BCUT2D eigenvalue weighted by atomic mass is 16.5. The van der Waals surface area contributed by atoms with E-state index < -0.39 is 6.04 Å². The topological polar surface area (TPSA) is 81.8 Å². The molecule has 1 heterocycles. The largest absolute Gasteiger partial charge is 0.461 e. The van der Waals surface area contributed by atoms with E-state index in [1.54, 1.807) is 0 Å². The number of carbonyl (C=O) groups excluding carboxylic acids is 1. The van der Waals surface area contributed by atoms with Gasteiger partial charge in [-0.25, -0.2) is 0 Å². The van der Waals surface area contributed by atoms with Crippen LogP contribution in [0.2, 0.25) is 0 Å². The molecule has 3 N–H and O–H groups in total. The highest BCUT2D eigenvalue weighted by Gasteiger charge is 2.72. The van der Waals surface area contributed by atoms with Gasteiger partial charge in [-0.15, -0.1) is 0 Å². The Hall–Kier alpha value is -1.43. The first-order valence-corrected chi connectivity index (χ1v) is 17.9. The number of hydrogen-bond acceptors (Lipinski definition) is 5. The van der Waals surface area contributed by atoms with Crippen LogP contribution in [-0.2, 0) is 20.7 Å². The summed E-state index contributed by atoms with van der Waals surface area (Å²) in [4.78, 5) is 13.3. The Morgan fingerprint density at radius 3 is 2.27 bits per heavy atom. The first kappa shape index (κ1) is 32.5. The normalized spacial score (nSPS) is 46.7. The van der Waals surface area contributed by atoms with Gasteiger partial charge in [-0.2, -0.15) is 0 Å². The third-order valence-corrected chi connectivity index (χ3v) is 14.9. The number of esters is 1. The molecular formula is C39H61NO4. The number of nitrogens with two attached hydrogens (primary N) is 1. The van der Waals surface area contributed by atoms with E-state index in [0.29, 0.717) is 24.2 Å². The smallest absolute Gasteiger partial charge is 0.323 e. The third kappa shape index (κ3) is 4.93. The van der Waals surface area contributed by atoms with Gasteiger partial charge in [0.25, 0.3) is 0 Å². The lowest BCUT2D eigenvalue weighted by atomic mass is 9.35. The van der Waals surface area contributed by atoms with Gasteiger partial charge in [0.1, 0.15) is 12.1 Å². The number of rotatable bonds is 5. The van der Waals surface area contributed by atoms with Crippen molar-refractivity contribution in [2.45, 2.75) is 155 Å². The molecule has 4 saturated carbocycles. The van der Waals surface area contributed by atoms with E-state index in [0.717, 1.165) is 50.5 Å². The number of benzene rings is 1. The van der Waals surface area contributed by atoms with Gasteiger partial charge in [0.2, 0.25) is 0 Å². The van der Waals surface area contributed by atoms with Crippen LogP contribution in [0.4, 0.5) is 0 Å². The van der Waals surface area contributed by atoms with Crippen LogP contribution in [-0.4, -0.2) is 40.5 Å². The van der Waals surface area contributed by atoms with Crippen molar-refractivity contribution in [1.82, 2.24) is 0 Å². The van der Waals surface area contributed by atoms with Crippen molar-refractivity contribution in [1.29, 1.82) is 0 Å². The molecule has 0 unspecified atom stereocenters. The molecule has 0 radical (unpaired) electrons. The van der Waals surface area contributed by atoms with Crippen molar-refractivity contribution in [2.75, 3.05) is 0 Å². The summed E-state index contributed by atoms with van der Waals surface area (Å²) in [5.74, 6) is 1.26. The molecule has 1 aromatic carbocycles. The van der Waals surface area contributed by atoms with Crippen LogP contribution in [0.1, 0.15) is 125 Å². The first-order valence-electron chi connectivity index (χ1n) is 17.9. The minimum Gasteiger partial charge on any atom is -0.461 e. The molecule has 6 rings (SSSR count). The lowest BCUT2D eigenvalue weighted by molar-refractivity contribution is -0.259. The summed E-state index contributed by atoms with van der Waals surface area (Å²) in [6.07, 6.45) is 10.9. The molecule has 5 fully saturated rings. The van der Waals surface area contributed by atoms with Gasteiger partial charge >= 0.3 is 5.97 Å². The molecule has 0 amide bonds. The van der Waals surface area contributed by atoms with Gasteiger partial charge in [0, 0.05) is 5.41 Å². The van der Waals surface area contributed by atoms with Crippen LogP contribution in [0, 0.1) is 45.3 Å². The Balaban J connectivity index is 1.22. The maximum atomic E-state index is 13.3. The molecule has 246 valence electrons. The molecule has 5 aliphatic rings. The number of hydrogen-bond donors (Lipinski definition) is 2. The van der Waals surface area contributed by atoms with Crippen molar-refractivity contribution in [3.63, 3.8) is 0 Å². The lowest BCUT2D eigenvalue weighted by Gasteiger charge is -2.70. The molecule has 1 aromatic rings. The zero-order chi connectivity index (χ0) is 31.9. The standard InChI is InChI=1S/C39H61NO4/c1-34(2)18-12-19-39(8,44-34)26-15-21-38(7)32(26)28(41)24-30-36(5)20-17-31(35(3,4)29(36)16-22-37(30,38)6)43-33(42)27(40)23-25-13-10-9-11-14-25/h9-11,13-14,26-32,41H,12,15-24,40H2,1-8H3/t26-,27-,28+,29-,30+,31-,32-,36-,37+,38+,39+/m0/s1. The summed E-state index contributed by atoms with van der Waals surface area (Å²) in [7, 11) is 0. The monoisotopic (exact) mass is 607 g/mol. The summed E-state index contributed by atoms with van der Waals surface area (Å²) < 4.78 is 13.2. The molecule has 11 atom stereocenters. The summed E-state index contributed by atoms with van der Waals surface area (Å²) in [5, 5.41) is 12.2. The zero-order valence-electron chi connectivity index (χ0n) is 29.0. The fourth-order valence-corrected chi connectivity index (χ4v) is 12.7. The number of fused-ring (bicyclic) bond motifs is 5. The maximum Gasteiger partial charge on any atom is 0.323 e. The fourth-order valence-electron chi connectivity index (χ4n) is 12.7. The summed E-state index contributed by atoms with van der Waals surface area (Å²) >= 11 is 0. The minimum atomic E-state index is -0.655. The highest BCUT2D eigenvalue weighted by molar-refractivity contribution is 5.76. The summed E-state index contributed by atoms with van der Waals surface area (Å²) in [6, 6.07) is 9.32. The van der Waals surface area contributed by atoms with Gasteiger partial charge < -0.3 is 20.3 Å². The van der Waals surface area contributed by atoms with Crippen LogP contribution in [0.5, 0.6) is 0 Å². The second-order valence-corrected chi connectivity index (χ2v) is 18.1. The van der Waals surface area contributed by atoms with E-state index >= 15 is 0 Å². The molecule has 0 aromatic heterocycles. The molecule has 0 spiro atoms. The predicted octanol–water partition coefficient (Wildman–Crippen LogP) is 7.86. The van der Waals surface area contributed by atoms with Crippen LogP contribution in [0.15, 0.2) is 30.3 Å².